The van der Waals surface area contributed by atoms with E-state index in [1.165, 1.54) is 27.8 Å². The minimum Gasteiger partial charge on any atom is -0.455 e. The highest BCUT2D eigenvalue weighted by molar-refractivity contribution is 6.20. The van der Waals surface area contributed by atoms with E-state index in [4.69, 9.17) is 4.42 Å². The van der Waals surface area contributed by atoms with Crippen molar-refractivity contribution in [3.8, 4) is 33.4 Å². The van der Waals surface area contributed by atoms with Crippen molar-refractivity contribution in [1.29, 1.82) is 0 Å². The lowest BCUT2D eigenvalue weighted by atomic mass is 9.98. The van der Waals surface area contributed by atoms with Gasteiger partial charge in [0, 0.05) is 32.9 Å². The summed E-state index contributed by atoms with van der Waals surface area (Å²) in [6, 6.07) is 66.8. The molecule has 0 aliphatic heterocycles. The third-order valence-electron chi connectivity index (χ3n) is 9.27. The van der Waals surface area contributed by atoms with Gasteiger partial charge in [0.05, 0.1) is 5.69 Å². The first kappa shape index (κ1) is 27.9. The van der Waals surface area contributed by atoms with E-state index < -0.39 is 0 Å². The Morgan fingerprint density at radius 3 is 1.40 bits per heavy atom. The Bertz CT molecular complexity index is 2520. The molecule has 1 heterocycles. The van der Waals surface area contributed by atoms with Crippen LogP contribution < -0.4 is 4.90 Å². The zero-order valence-corrected chi connectivity index (χ0v) is 26.3. The molecule has 0 aliphatic rings. The van der Waals surface area contributed by atoms with E-state index >= 15 is 0 Å². The molecule has 0 fully saturated rings. The van der Waals surface area contributed by atoms with Gasteiger partial charge < -0.3 is 9.32 Å². The number of furan rings is 1. The molecule has 2 heteroatoms. The molecule has 2 nitrogen and oxygen atoms in total. The number of nitrogens with zero attached hydrogens (tertiary/aromatic N) is 1. The van der Waals surface area contributed by atoms with E-state index in [0.29, 0.717) is 0 Å². The van der Waals surface area contributed by atoms with Gasteiger partial charge in [0.2, 0.25) is 0 Å². The molecule has 0 bridgehead atoms. The van der Waals surface area contributed by atoms with Crippen LogP contribution in [0.3, 0.4) is 0 Å². The first-order chi connectivity index (χ1) is 23.8. The lowest BCUT2D eigenvalue weighted by Crippen LogP contribution is -2.10. The van der Waals surface area contributed by atoms with Gasteiger partial charge in [-0.15, -0.1) is 0 Å². The standard InChI is InChI=1S/C46H31NO/c1-4-12-32(13-5-1)34-20-22-36(23-21-34)37-26-29-45-42(30-37)43-31-44(40-18-10-11-19-41(40)46(43)48-45)47(38-16-8-3-9-17-38)39-27-24-35(25-28-39)33-14-6-2-7-15-33/h1-31H. The number of hydrogen-bond acceptors (Lipinski definition) is 2. The van der Waals surface area contributed by atoms with Crippen LogP contribution in [0, 0.1) is 0 Å². The molecule has 0 spiro atoms. The molecule has 0 radical (unpaired) electrons. The molecule has 0 atom stereocenters. The SMILES string of the molecule is c1ccc(-c2ccc(-c3ccc4oc5c6ccccc6c(N(c6ccccc6)c6ccc(-c7ccccc7)cc6)cc5c4c3)cc2)cc1. The normalized spacial score (nSPS) is 11.3. The molecule has 0 amide bonds. The molecule has 0 saturated heterocycles. The van der Waals surface area contributed by atoms with Crippen LogP contribution >= 0.6 is 0 Å². The molecule has 226 valence electrons. The maximum Gasteiger partial charge on any atom is 0.143 e. The molecular formula is C46H31NO. The summed E-state index contributed by atoms with van der Waals surface area (Å²) in [5.74, 6) is 0. The molecule has 0 unspecified atom stereocenters. The second kappa shape index (κ2) is 11.8. The topological polar surface area (TPSA) is 16.4 Å². The van der Waals surface area contributed by atoms with Gasteiger partial charge >= 0.3 is 0 Å². The maximum atomic E-state index is 6.63. The van der Waals surface area contributed by atoms with Gasteiger partial charge in [-0.1, -0.05) is 146 Å². The van der Waals surface area contributed by atoms with Crippen molar-refractivity contribution in [1.82, 2.24) is 0 Å². The number of hydrogen-bond donors (Lipinski definition) is 0. The fourth-order valence-electron chi connectivity index (χ4n) is 6.87. The predicted octanol–water partition coefficient (Wildman–Crippen LogP) is 13.2. The van der Waals surface area contributed by atoms with Gasteiger partial charge in [0.1, 0.15) is 11.2 Å². The van der Waals surface area contributed by atoms with E-state index in [1.54, 1.807) is 0 Å². The molecule has 0 aliphatic carbocycles. The molecule has 0 N–H and O–H groups in total. The number of para-hydroxylation sites is 1. The first-order valence-corrected chi connectivity index (χ1v) is 16.3. The summed E-state index contributed by atoms with van der Waals surface area (Å²) in [5, 5.41) is 4.44. The van der Waals surface area contributed by atoms with Crippen LogP contribution in [-0.4, -0.2) is 0 Å². The van der Waals surface area contributed by atoms with Crippen molar-refractivity contribution >= 4 is 49.8 Å². The summed E-state index contributed by atoms with van der Waals surface area (Å²) >= 11 is 0. The van der Waals surface area contributed by atoms with Crippen LogP contribution in [0.15, 0.2) is 192 Å². The van der Waals surface area contributed by atoms with Gasteiger partial charge in [0.15, 0.2) is 0 Å². The fourth-order valence-corrected chi connectivity index (χ4v) is 6.87. The van der Waals surface area contributed by atoms with Crippen molar-refractivity contribution in [3.63, 3.8) is 0 Å². The summed E-state index contributed by atoms with van der Waals surface area (Å²) in [7, 11) is 0. The minimum absolute atomic E-state index is 0.885. The van der Waals surface area contributed by atoms with Crippen LogP contribution in [0.25, 0.3) is 66.1 Å². The second-order valence-electron chi connectivity index (χ2n) is 12.2. The van der Waals surface area contributed by atoms with Crippen LogP contribution in [0.2, 0.25) is 0 Å². The number of rotatable bonds is 6. The monoisotopic (exact) mass is 613 g/mol. The zero-order valence-electron chi connectivity index (χ0n) is 26.3. The van der Waals surface area contributed by atoms with Crippen molar-refractivity contribution < 1.29 is 4.42 Å². The van der Waals surface area contributed by atoms with E-state index in [9.17, 15) is 0 Å². The van der Waals surface area contributed by atoms with Crippen LogP contribution in [0.4, 0.5) is 17.1 Å². The average Bonchev–Trinajstić information content (AvgIpc) is 3.55. The van der Waals surface area contributed by atoms with Gasteiger partial charge in [-0.05, 0) is 75.8 Å². The molecule has 8 aromatic carbocycles. The lowest BCUT2D eigenvalue weighted by Gasteiger charge is -2.27. The Kier molecular flexibility index (Phi) is 6.84. The smallest absolute Gasteiger partial charge is 0.143 e. The highest BCUT2D eigenvalue weighted by Gasteiger charge is 2.20. The van der Waals surface area contributed by atoms with Crippen molar-refractivity contribution in [2.75, 3.05) is 4.90 Å². The maximum absolute atomic E-state index is 6.63. The summed E-state index contributed by atoms with van der Waals surface area (Å²) < 4.78 is 6.63. The number of fused-ring (bicyclic) bond motifs is 5. The number of anilines is 3. The van der Waals surface area contributed by atoms with Crippen molar-refractivity contribution in [2.24, 2.45) is 0 Å². The number of benzene rings is 8. The highest BCUT2D eigenvalue weighted by atomic mass is 16.3. The summed E-state index contributed by atoms with van der Waals surface area (Å²) in [6.07, 6.45) is 0. The first-order valence-electron chi connectivity index (χ1n) is 16.3. The minimum atomic E-state index is 0.885. The summed E-state index contributed by atoms with van der Waals surface area (Å²) in [6.45, 7) is 0. The Balaban J connectivity index is 1.21. The van der Waals surface area contributed by atoms with Gasteiger partial charge in [-0.2, -0.15) is 0 Å². The Morgan fingerprint density at radius 2 is 0.771 bits per heavy atom. The molecule has 9 aromatic rings. The Morgan fingerprint density at radius 1 is 0.312 bits per heavy atom. The average molecular weight is 614 g/mol. The Hall–Kier alpha value is -6.38. The van der Waals surface area contributed by atoms with E-state index in [2.05, 4.69) is 193 Å². The third kappa shape index (κ3) is 4.92. The van der Waals surface area contributed by atoms with Gasteiger partial charge in [-0.3, -0.25) is 0 Å². The molecule has 9 rings (SSSR count). The second-order valence-corrected chi connectivity index (χ2v) is 12.2. The van der Waals surface area contributed by atoms with Crippen LogP contribution in [0.1, 0.15) is 0 Å². The molecule has 48 heavy (non-hydrogen) atoms. The lowest BCUT2D eigenvalue weighted by molar-refractivity contribution is 0.672. The summed E-state index contributed by atoms with van der Waals surface area (Å²) in [4.78, 5) is 2.36. The highest BCUT2D eigenvalue weighted by Crippen LogP contribution is 2.45. The molecule has 1 aromatic heterocycles. The Labute approximate surface area is 279 Å². The van der Waals surface area contributed by atoms with Crippen molar-refractivity contribution in [3.05, 3.63) is 188 Å². The van der Waals surface area contributed by atoms with Gasteiger partial charge in [0.25, 0.3) is 0 Å². The fraction of sp³-hybridized carbons (Fsp3) is 0. The van der Waals surface area contributed by atoms with Crippen molar-refractivity contribution in [2.45, 2.75) is 0 Å². The zero-order chi connectivity index (χ0) is 31.9. The van der Waals surface area contributed by atoms with Crippen LogP contribution in [-0.2, 0) is 0 Å². The molecule has 0 saturated carbocycles. The van der Waals surface area contributed by atoms with Gasteiger partial charge in [-0.25, -0.2) is 0 Å². The van der Waals surface area contributed by atoms with E-state index in [1.807, 2.05) is 0 Å². The summed E-state index contributed by atoms with van der Waals surface area (Å²) in [5.41, 5.74) is 12.3. The predicted molar refractivity (Wildman–Crippen MR) is 202 cm³/mol. The van der Waals surface area contributed by atoms with E-state index in [0.717, 1.165) is 55.3 Å². The quantitative estimate of drug-likeness (QED) is 0.185. The molecular weight excluding hydrogens is 583 g/mol. The van der Waals surface area contributed by atoms with Crippen LogP contribution in [0.5, 0.6) is 0 Å². The third-order valence-corrected chi connectivity index (χ3v) is 9.27. The largest absolute Gasteiger partial charge is 0.455 e. The van der Waals surface area contributed by atoms with E-state index in [-0.39, 0.29) is 0 Å².